The van der Waals surface area contributed by atoms with Crippen LogP contribution in [0, 0.1) is 0 Å². The van der Waals surface area contributed by atoms with E-state index in [1.54, 1.807) is 0 Å². The highest BCUT2D eigenvalue weighted by Crippen LogP contribution is 2.65. The maximum Gasteiger partial charge on any atom is 0.164 e. The van der Waals surface area contributed by atoms with Crippen molar-refractivity contribution in [2.75, 3.05) is 4.90 Å². The van der Waals surface area contributed by atoms with Crippen LogP contribution < -0.4 is 4.90 Å². The molecule has 11 rings (SSSR count). The number of para-hydroxylation sites is 2. The lowest BCUT2D eigenvalue weighted by atomic mass is 9.65. The van der Waals surface area contributed by atoms with Gasteiger partial charge in [-0.25, -0.2) is 15.0 Å². The van der Waals surface area contributed by atoms with E-state index >= 15 is 0 Å². The second-order valence-electron chi connectivity index (χ2n) is 13.5. The zero-order valence-corrected chi connectivity index (χ0v) is 30.4. The summed E-state index contributed by atoms with van der Waals surface area (Å²) in [5, 5.41) is 4.50. The smallest absolute Gasteiger partial charge is 0.164 e. The molecule has 0 amide bonds. The van der Waals surface area contributed by atoms with Crippen molar-refractivity contribution < 1.29 is 0 Å². The van der Waals surface area contributed by atoms with E-state index in [2.05, 4.69) is 130 Å². The summed E-state index contributed by atoms with van der Waals surface area (Å²) in [7, 11) is 0. The molecule has 5 heterocycles. The number of anilines is 3. The zero-order valence-electron chi connectivity index (χ0n) is 28.8. The molecule has 254 valence electrons. The third-order valence-electron chi connectivity index (χ3n) is 10.6. The number of thiophene rings is 2. The van der Waals surface area contributed by atoms with Crippen molar-refractivity contribution in [2.45, 2.75) is 5.41 Å². The van der Waals surface area contributed by atoms with Crippen LogP contribution >= 0.6 is 22.7 Å². The topological polar surface area (TPSA) is 54.8 Å². The summed E-state index contributed by atoms with van der Waals surface area (Å²) >= 11 is 3.70. The highest BCUT2D eigenvalue weighted by atomic mass is 32.1. The zero-order chi connectivity index (χ0) is 35.6. The van der Waals surface area contributed by atoms with Crippen LogP contribution in [-0.4, -0.2) is 19.9 Å². The second-order valence-corrected chi connectivity index (χ2v) is 15.3. The first kappa shape index (κ1) is 31.0. The van der Waals surface area contributed by atoms with Crippen LogP contribution in [0.2, 0.25) is 0 Å². The Morgan fingerprint density at radius 1 is 0.407 bits per heavy atom. The SMILES string of the molecule is c1ccc(-c2nc(-c3ccc(-c4ccccn4)cc3)nc(-c3ccc(N4c5ccccc5C5(c6ccccc64)c4ccsc4-c4sccc45)cc3)n2)cc1. The third kappa shape index (κ3) is 4.62. The number of hydrogen-bond acceptors (Lipinski definition) is 7. The Hall–Kier alpha value is -6.54. The van der Waals surface area contributed by atoms with E-state index in [0.29, 0.717) is 17.5 Å². The standard InChI is InChI=1S/C47H29N5S2/c1-2-10-31(11-3-1)44-49-45(32-19-17-30(18-20-32)39-14-8-9-27-48-39)51-46(50-44)33-21-23-34(24-22-33)52-40-15-6-4-12-35(40)47(36-13-5-7-16-41(36)52)37-25-28-53-42(37)43-38(47)26-29-54-43/h1-29H. The van der Waals surface area contributed by atoms with E-state index in [-0.39, 0.29) is 5.41 Å². The molecular formula is C47H29N5S2. The van der Waals surface area contributed by atoms with Crippen molar-refractivity contribution >= 4 is 39.7 Å². The number of fused-ring (bicyclic) bond motifs is 9. The number of hydrogen-bond donors (Lipinski definition) is 0. The molecule has 1 spiro atoms. The summed E-state index contributed by atoms with van der Waals surface area (Å²) in [4.78, 5) is 24.7. The molecule has 0 unspecified atom stereocenters. The maximum absolute atomic E-state index is 5.05. The lowest BCUT2D eigenvalue weighted by Gasteiger charge is -2.44. The Bertz CT molecular complexity index is 2740. The van der Waals surface area contributed by atoms with Gasteiger partial charge in [-0.2, -0.15) is 0 Å². The predicted molar refractivity (Wildman–Crippen MR) is 221 cm³/mol. The van der Waals surface area contributed by atoms with Gasteiger partial charge in [0.15, 0.2) is 17.5 Å². The molecule has 5 aromatic carbocycles. The molecule has 4 aromatic heterocycles. The fourth-order valence-corrected chi connectivity index (χ4v) is 10.3. The molecule has 0 fully saturated rings. The Labute approximate surface area is 320 Å². The Morgan fingerprint density at radius 2 is 0.889 bits per heavy atom. The molecule has 54 heavy (non-hydrogen) atoms. The monoisotopic (exact) mass is 727 g/mol. The van der Waals surface area contributed by atoms with Crippen LogP contribution in [0.25, 0.3) is 55.2 Å². The van der Waals surface area contributed by atoms with E-state index < -0.39 is 0 Å². The van der Waals surface area contributed by atoms with Gasteiger partial charge in [-0.15, -0.1) is 22.7 Å². The van der Waals surface area contributed by atoms with E-state index in [0.717, 1.165) is 33.6 Å². The first-order chi connectivity index (χ1) is 26.8. The van der Waals surface area contributed by atoms with Crippen molar-refractivity contribution in [2.24, 2.45) is 0 Å². The van der Waals surface area contributed by atoms with E-state index in [4.69, 9.17) is 15.0 Å². The average Bonchev–Trinajstić information content (AvgIpc) is 3.99. The molecule has 1 aliphatic carbocycles. The van der Waals surface area contributed by atoms with Gasteiger partial charge in [-0.05, 0) is 93.7 Å². The van der Waals surface area contributed by atoms with E-state index in [1.807, 2.05) is 77.4 Å². The third-order valence-corrected chi connectivity index (χ3v) is 12.6. The lowest BCUT2D eigenvalue weighted by molar-refractivity contribution is 0.756. The van der Waals surface area contributed by atoms with Gasteiger partial charge in [0, 0.05) is 43.9 Å². The summed E-state index contributed by atoms with van der Waals surface area (Å²) in [6.07, 6.45) is 1.81. The number of pyridine rings is 1. The van der Waals surface area contributed by atoms with Gasteiger partial charge in [0.25, 0.3) is 0 Å². The summed E-state index contributed by atoms with van der Waals surface area (Å²) in [5.74, 6) is 1.88. The summed E-state index contributed by atoms with van der Waals surface area (Å²) in [5.41, 5.74) is 13.2. The number of benzene rings is 5. The van der Waals surface area contributed by atoms with Crippen LogP contribution in [0.15, 0.2) is 175 Å². The van der Waals surface area contributed by atoms with E-state index in [1.165, 1.54) is 43.4 Å². The average molecular weight is 728 g/mol. The largest absolute Gasteiger partial charge is 0.310 e. The summed E-state index contributed by atoms with van der Waals surface area (Å²) in [6, 6.07) is 55.5. The van der Waals surface area contributed by atoms with E-state index in [9.17, 15) is 0 Å². The van der Waals surface area contributed by atoms with Gasteiger partial charge in [0.2, 0.25) is 0 Å². The van der Waals surface area contributed by atoms with Gasteiger partial charge in [0.05, 0.1) is 22.5 Å². The molecular weight excluding hydrogens is 699 g/mol. The molecule has 0 atom stereocenters. The second kappa shape index (κ2) is 12.3. The molecule has 0 bridgehead atoms. The molecule has 0 radical (unpaired) electrons. The van der Waals surface area contributed by atoms with Crippen molar-refractivity contribution in [3.63, 3.8) is 0 Å². The molecule has 7 heteroatoms. The minimum atomic E-state index is -0.362. The highest BCUT2D eigenvalue weighted by Gasteiger charge is 2.52. The number of aromatic nitrogens is 4. The fourth-order valence-electron chi connectivity index (χ4n) is 8.24. The quantitative estimate of drug-likeness (QED) is 0.177. The molecule has 2 aliphatic rings. The van der Waals surface area contributed by atoms with Crippen LogP contribution in [0.5, 0.6) is 0 Å². The van der Waals surface area contributed by atoms with Crippen LogP contribution in [0.4, 0.5) is 17.1 Å². The van der Waals surface area contributed by atoms with Crippen molar-refractivity contribution in [3.8, 4) is 55.2 Å². The molecule has 0 saturated carbocycles. The lowest BCUT2D eigenvalue weighted by Crippen LogP contribution is -2.35. The number of nitrogens with zero attached hydrogens (tertiary/aromatic N) is 5. The Kier molecular flexibility index (Phi) is 7.05. The van der Waals surface area contributed by atoms with Gasteiger partial charge >= 0.3 is 0 Å². The normalized spacial score (nSPS) is 13.3. The molecule has 1 aliphatic heterocycles. The van der Waals surface area contributed by atoms with Crippen LogP contribution in [-0.2, 0) is 5.41 Å². The van der Waals surface area contributed by atoms with Crippen molar-refractivity contribution in [1.29, 1.82) is 0 Å². The predicted octanol–water partition coefficient (Wildman–Crippen LogP) is 12.2. The molecule has 0 N–H and O–H groups in total. The van der Waals surface area contributed by atoms with Crippen LogP contribution in [0.3, 0.4) is 0 Å². The summed E-state index contributed by atoms with van der Waals surface area (Å²) in [6.45, 7) is 0. The van der Waals surface area contributed by atoms with Crippen LogP contribution in [0.1, 0.15) is 22.3 Å². The summed E-state index contributed by atoms with van der Waals surface area (Å²) < 4.78 is 0. The van der Waals surface area contributed by atoms with Gasteiger partial charge in [-0.3, -0.25) is 4.98 Å². The van der Waals surface area contributed by atoms with Gasteiger partial charge < -0.3 is 4.90 Å². The Morgan fingerprint density at radius 3 is 1.44 bits per heavy atom. The first-order valence-corrected chi connectivity index (χ1v) is 19.6. The molecule has 0 saturated heterocycles. The van der Waals surface area contributed by atoms with Crippen molar-refractivity contribution in [1.82, 2.24) is 19.9 Å². The minimum Gasteiger partial charge on any atom is -0.310 e. The number of rotatable bonds is 5. The highest BCUT2D eigenvalue weighted by molar-refractivity contribution is 7.21. The Balaban J connectivity index is 1.02. The maximum atomic E-state index is 5.05. The minimum absolute atomic E-state index is 0.362. The molecule has 5 nitrogen and oxygen atoms in total. The first-order valence-electron chi connectivity index (χ1n) is 17.9. The van der Waals surface area contributed by atoms with Crippen molar-refractivity contribution in [3.05, 3.63) is 197 Å². The fraction of sp³-hybridized carbons (Fsp3) is 0.0213. The van der Waals surface area contributed by atoms with Gasteiger partial charge in [-0.1, -0.05) is 97.1 Å². The van der Waals surface area contributed by atoms with Gasteiger partial charge in [0.1, 0.15) is 0 Å². The molecule has 9 aromatic rings.